The van der Waals surface area contributed by atoms with E-state index in [0.29, 0.717) is 0 Å². The van der Waals surface area contributed by atoms with E-state index in [0.717, 1.165) is 6.34 Å². The number of hydrogen-bond donors (Lipinski definition) is 2. The highest BCUT2D eigenvalue weighted by atomic mass is 16.1. The molecule has 0 spiro atoms. The van der Waals surface area contributed by atoms with Gasteiger partial charge in [-0.25, -0.2) is 0 Å². The van der Waals surface area contributed by atoms with E-state index in [1.54, 1.807) is 7.05 Å². The van der Waals surface area contributed by atoms with Gasteiger partial charge >= 0.3 is 0 Å². The molecule has 0 saturated carbocycles. The van der Waals surface area contributed by atoms with Gasteiger partial charge in [0.15, 0.2) is 0 Å². The average molecular weight is 115 g/mol. The average Bonchev–Trinajstić information content (AvgIpc) is 1.83. The number of nitrogens with one attached hydrogen (secondary N) is 1. The van der Waals surface area contributed by atoms with Crippen LogP contribution in [0, 0.1) is 0 Å². The fourth-order valence-electron chi connectivity index (χ4n) is 0.215. The van der Waals surface area contributed by atoms with Crippen LogP contribution in [0.4, 0.5) is 0 Å². The highest BCUT2D eigenvalue weighted by Gasteiger charge is 1.89. The number of rotatable bonds is 2. The summed E-state index contributed by atoms with van der Waals surface area (Å²) in [5, 5.41) is 2.39. The molecule has 3 N–H and O–H groups in total. The molecule has 0 unspecified atom stereocenters. The van der Waals surface area contributed by atoms with E-state index in [-0.39, 0.29) is 12.5 Å². The second-order valence-electron chi connectivity index (χ2n) is 1.16. The van der Waals surface area contributed by atoms with Crippen molar-refractivity contribution in [1.82, 2.24) is 5.32 Å². The Morgan fingerprint density at radius 1 is 2.00 bits per heavy atom. The molecule has 0 fully saturated rings. The van der Waals surface area contributed by atoms with Crippen molar-refractivity contribution in [3.8, 4) is 0 Å². The van der Waals surface area contributed by atoms with Gasteiger partial charge in [0.2, 0.25) is 5.91 Å². The quantitative estimate of drug-likeness (QED) is 0.347. The number of nitrogens with two attached hydrogens (primary N) is 1. The first-order valence-corrected chi connectivity index (χ1v) is 2.22. The van der Waals surface area contributed by atoms with Gasteiger partial charge in [-0.1, -0.05) is 0 Å². The highest BCUT2D eigenvalue weighted by Crippen LogP contribution is 1.63. The molecule has 8 heavy (non-hydrogen) atoms. The Balaban J connectivity index is 3.25. The van der Waals surface area contributed by atoms with Crippen molar-refractivity contribution >= 4 is 12.2 Å². The maximum Gasteiger partial charge on any atom is 0.241 e. The van der Waals surface area contributed by atoms with Crippen LogP contribution in [0.25, 0.3) is 0 Å². The summed E-state index contributed by atoms with van der Waals surface area (Å²) >= 11 is 0. The molecule has 0 bridgehead atoms. The molecule has 0 atom stereocenters. The van der Waals surface area contributed by atoms with Crippen LogP contribution >= 0.6 is 0 Å². The molecule has 0 aliphatic heterocycles. The van der Waals surface area contributed by atoms with Crippen molar-refractivity contribution in [3.63, 3.8) is 0 Å². The lowest BCUT2D eigenvalue weighted by Gasteiger charge is -1.89. The maximum absolute atomic E-state index is 10.3. The number of aliphatic imine (C=N–C) groups is 1. The van der Waals surface area contributed by atoms with Crippen molar-refractivity contribution in [1.29, 1.82) is 0 Å². The van der Waals surface area contributed by atoms with E-state index in [4.69, 9.17) is 5.73 Å². The predicted octanol–water partition coefficient (Wildman–Crippen LogP) is -1.28. The Hall–Kier alpha value is -1.06. The summed E-state index contributed by atoms with van der Waals surface area (Å²) in [5.41, 5.74) is 4.86. The smallest absolute Gasteiger partial charge is 0.241 e. The zero-order valence-electron chi connectivity index (χ0n) is 4.72. The minimum absolute atomic E-state index is 0.118. The molecular formula is C4H9N3O. The summed E-state index contributed by atoms with van der Waals surface area (Å²) in [6.45, 7) is 0.118. The molecular weight excluding hydrogens is 106 g/mol. The zero-order valence-corrected chi connectivity index (χ0v) is 4.72. The van der Waals surface area contributed by atoms with Gasteiger partial charge in [-0.3, -0.25) is 9.79 Å². The van der Waals surface area contributed by atoms with E-state index in [1.165, 1.54) is 0 Å². The van der Waals surface area contributed by atoms with Crippen LogP contribution < -0.4 is 11.1 Å². The van der Waals surface area contributed by atoms with Gasteiger partial charge in [0.1, 0.15) is 6.54 Å². The Morgan fingerprint density at radius 2 is 2.62 bits per heavy atom. The van der Waals surface area contributed by atoms with Crippen molar-refractivity contribution in [2.75, 3.05) is 13.6 Å². The number of likely N-dealkylation sites (N-methyl/N-ethyl adjacent to an activating group) is 1. The van der Waals surface area contributed by atoms with Crippen LogP contribution in [-0.2, 0) is 4.79 Å². The molecule has 0 saturated heterocycles. The summed E-state index contributed by atoms with van der Waals surface area (Å²) < 4.78 is 0. The molecule has 46 valence electrons. The molecule has 1 amide bonds. The van der Waals surface area contributed by atoms with Crippen LogP contribution in [0.1, 0.15) is 0 Å². The zero-order chi connectivity index (χ0) is 6.41. The number of amides is 1. The lowest BCUT2D eigenvalue weighted by molar-refractivity contribution is -0.119. The summed E-state index contributed by atoms with van der Waals surface area (Å²) in [5.74, 6) is -0.133. The van der Waals surface area contributed by atoms with Crippen molar-refractivity contribution in [3.05, 3.63) is 0 Å². The Bertz CT molecular complexity index is 99.5. The molecule has 0 rings (SSSR count). The largest absolute Gasteiger partial charge is 0.390 e. The molecule has 0 aliphatic carbocycles. The topological polar surface area (TPSA) is 67.5 Å². The van der Waals surface area contributed by atoms with Crippen LogP contribution in [0.15, 0.2) is 4.99 Å². The van der Waals surface area contributed by atoms with E-state index < -0.39 is 0 Å². The molecule has 0 aliphatic rings. The summed E-state index contributed by atoms with van der Waals surface area (Å²) in [6.07, 6.45) is 1.11. The molecule has 0 radical (unpaired) electrons. The van der Waals surface area contributed by atoms with Crippen molar-refractivity contribution < 1.29 is 4.79 Å². The lowest BCUT2D eigenvalue weighted by Crippen LogP contribution is -2.20. The fourth-order valence-corrected chi connectivity index (χ4v) is 0.215. The van der Waals surface area contributed by atoms with Gasteiger partial charge < -0.3 is 11.1 Å². The third-order valence-electron chi connectivity index (χ3n) is 0.619. The molecule has 0 heterocycles. The van der Waals surface area contributed by atoms with E-state index in [9.17, 15) is 4.79 Å². The molecule has 4 nitrogen and oxygen atoms in total. The third-order valence-corrected chi connectivity index (χ3v) is 0.619. The maximum atomic E-state index is 10.3. The first-order valence-electron chi connectivity index (χ1n) is 2.22. The Kier molecular flexibility index (Phi) is 3.56. The lowest BCUT2D eigenvalue weighted by atomic mass is 10.6. The van der Waals surface area contributed by atoms with Crippen molar-refractivity contribution in [2.24, 2.45) is 10.7 Å². The first-order chi connectivity index (χ1) is 3.81. The predicted molar refractivity (Wildman–Crippen MR) is 31.6 cm³/mol. The number of nitrogens with zero attached hydrogens (tertiary/aromatic N) is 1. The van der Waals surface area contributed by atoms with Gasteiger partial charge in [0.25, 0.3) is 0 Å². The second-order valence-corrected chi connectivity index (χ2v) is 1.16. The van der Waals surface area contributed by atoms with E-state index in [1.807, 2.05) is 0 Å². The highest BCUT2D eigenvalue weighted by molar-refractivity contribution is 5.78. The van der Waals surface area contributed by atoms with E-state index >= 15 is 0 Å². The van der Waals surface area contributed by atoms with Gasteiger partial charge in [-0.2, -0.15) is 0 Å². The number of carbonyl (C=O) groups is 1. The monoisotopic (exact) mass is 115 g/mol. The van der Waals surface area contributed by atoms with E-state index in [2.05, 4.69) is 10.3 Å². The van der Waals surface area contributed by atoms with Gasteiger partial charge in [-0.05, 0) is 0 Å². The summed E-state index contributed by atoms with van der Waals surface area (Å²) in [7, 11) is 1.55. The number of carbonyl (C=O) groups excluding carboxylic acids is 1. The van der Waals surface area contributed by atoms with Gasteiger partial charge in [-0.15, -0.1) is 0 Å². The fraction of sp³-hybridized carbons (Fsp3) is 0.500. The second kappa shape index (κ2) is 4.11. The molecule has 0 aromatic heterocycles. The standard InChI is InChI=1S/C4H9N3O/c1-6-4(8)2-7-3-5/h3H,2H2,1H3,(H2,5,7)(H,6,8). The molecule has 0 aromatic carbocycles. The molecule has 4 heteroatoms. The first kappa shape index (κ1) is 6.94. The van der Waals surface area contributed by atoms with Gasteiger partial charge in [0, 0.05) is 7.05 Å². The summed E-state index contributed by atoms with van der Waals surface area (Å²) in [4.78, 5) is 13.8. The van der Waals surface area contributed by atoms with Crippen LogP contribution in [0.5, 0.6) is 0 Å². The number of hydrogen-bond acceptors (Lipinski definition) is 2. The summed E-state index contributed by atoms with van der Waals surface area (Å²) in [6, 6.07) is 0. The Labute approximate surface area is 47.8 Å². The van der Waals surface area contributed by atoms with Crippen LogP contribution in [0.3, 0.4) is 0 Å². The third kappa shape index (κ3) is 3.14. The minimum Gasteiger partial charge on any atom is -0.390 e. The van der Waals surface area contributed by atoms with Gasteiger partial charge in [0.05, 0.1) is 6.34 Å². The van der Waals surface area contributed by atoms with Crippen LogP contribution in [0.2, 0.25) is 0 Å². The van der Waals surface area contributed by atoms with Crippen LogP contribution in [-0.4, -0.2) is 25.8 Å². The minimum atomic E-state index is -0.133. The van der Waals surface area contributed by atoms with Crippen molar-refractivity contribution in [2.45, 2.75) is 0 Å². The molecule has 0 aromatic rings. The Morgan fingerprint density at radius 3 is 3.00 bits per heavy atom. The normalized spacial score (nSPS) is 9.62. The SMILES string of the molecule is CNC(=O)CN=CN.